The van der Waals surface area contributed by atoms with Crippen LogP contribution in [-0.2, 0) is 0 Å². The number of nitrogens with zero attached hydrogens (tertiary/aromatic N) is 2. The maximum atomic E-state index is 5.63. The third kappa shape index (κ3) is 2.87. The summed E-state index contributed by atoms with van der Waals surface area (Å²) in [5.41, 5.74) is 0. The zero-order valence-corrected chi connectivity index (χ0v) is 10.3. The van der Waals surface area contributed by atoms with E-state index in [4.69, 9.17) is 4.74 Å². The molecule has 4 nitrogen and oxygen atoms in total. The van der Waals surface area contributed by atoms with Crippen molar-refractivity contribution in [3.8, 4) is 5.88 Å². The van der Waals surface area contributed by atoms with Crippen LogP contribution in [0.2, 0.25) is 0 Å². The summed E-state index contributed by atoms with van der Waals surface area (Å²) in [6.07, 6.45) is 5.97. The second-order valence-corrected chi connectivity index (χ2v) is 4.99. The fourth-order valence-electron chi connectivity index (χ4n) is 1.76. The standard InChI is InChI=1S/C13H19N3O/c1-2-7-17-12-8-11(14-10-5-6-10)15-13(16-12)9-3-4-9/h8-10H,2-7H2,1H3,(H,14,15,16). The van der Waals surface area contributed by atoms with Crippen molar-refractivity contribution in [3.63, 3.8) is 0 Å². The van der Waals surface area contributed by atoms with E-state index < -0.39 is 0 Å². The molecule has 17 heavy (non-hydrogen) atoms. The Morgan fingerprint density at radius 1 is 1.29 bits per heavy atom. The number of aromatic nitrogens is 2. The van der Waals surface area contributed by atoms with Crippen molar-refractivity contribution in [2.24, 2.45) is 0 Å². The molecule has 92 valence electrons. The van der Waals surface area contributed by atoms with Gasteiger partial charge in [0.25, 0.3) is 0 Å². The number of rotatable bonds is 6. The highest BCUT2D eigenvalue weighted by atomic mass is 16.5. The lowest BCUT2D eigenvalue weighted by atomic mass is 10.4. The van der Waals surface area contributed by atoms with Crippen molar-refractivity contribution in [3.05, 3.63) is 11.9 Å². The van der Waals surface area contributed by atoms with Crippen molar-refractivity contribution in [2.45, 2.75) is 51.0 Å². The third-order valence-electron chi connectivity index (χ3n) is 3.05. The van der Waals surface area contributed by atoms with Gasteiger partial charge < -0.3 is 10.1 Å². The lowest BCUT2D eigenvalue weighted by Gasteiger charge is -2.09. The van der Waals surface area contributed by atoms with Gasteiger partial charge in [0.2, 0.25) is 5.88 Å². The molecule has 0 atom stereocenters. The molecule has 1 aromatic rings. The monoisotopic (exact) mass is 233 g/mol. The van der Waals surface area contributed by atoms with Gasteiger partial charge in [-0.1, -0.05) is 6.92 Å². The molecule has 0 unspecified atom stereocenters. The zero-order chi connectivity index (χ0) is 11.7. The van der Waals surface area contributed by atoms with Crippen LogP contribution < -0.4 is 10.1 Å². The molecule has 2 aliphatic carbocycles. The van der Waals surface area contributed by atoms with Crippen molar-refractivity contribution in [1.29, 1.82) is 0 Å². The highest BCUT2D eigenvalue weighted by molar-refractivity contribution is 5.41. The average molecular weight is 233 g/mol. The van der Waals surface area contributed by atoms with E-state index in [-0.39, 0.29) is 0 Å². The largest absolute Gasteiger partial charge is 0.478 e. The minimum Gasteiger partial charge on any atom is -0.478 e. The summed E-state index contributed by atoms with van der Waals surface area (Å²) in [5, 5.41) is 3.42. The molecule has 0 radical (unpaired) electrons. The molecular formula is C13H19N3O. The number of anilines is 1. The molecule has 0 spiro atoms. The molecule has 1 heterocycles. The van der Waals surface area contributed by atoms with Crippen LogP contribution in [0, 0.1) is 0 Å². The summed E-state index contributed by atoms with van der Waals surface area (Å²) in [6, 6.07) is 2.55. The van der Waals surface area contributed by atoms with Crippen LogP contribution in [-0.4, -0.2) is 22.6 Å². The SMILES string of the molecule is CCCOc1cc(NC2CC2)nc(C2CC2)n1. The molecule has 3 rings (SSSR count). The third-order valence-corrected chi connectivity index (χ3v) is 3.05. The molecule has 0 aromatic carbocycles. The molecule has 2 saturated carbocycles. The van der Waals surface area contributed by atoms with Gasteiger partial charge in [0.15, 0.2) is 0 Å². The smallest absolute Gasteiger partial charge is 0.218 e. The topological polar surface area (TPSA) is 47.0 Å². The maximum Gasteiger partial charge on any atom is 0.218 e. The van der Waals surface area contributed by atoms with Gasteiger partial charge in [-0.25, -0.2) is 4.98 Å². The quantitative estimate of drug-likeness (QED) is 0.820. The maximum absolute atomic E-state index is 5.63. The van der Waals surface area contributed by atoms with Crippen molar-refractivity contribution in [1.82, 2.24) is 9.97 Å². The van der Waals surface area contributed by atoms with Gasteiger partial charge in [0.1, 0.15) is 11.6 Å². The molecule has 0 bridgehead atoms. The van der Waals surface area contributed by atoms with Crippen LogP contribution in [0.5, 0.6) is 5.88 Å². The van der Waals surface area contributed by atoms with Crippen molar-refractivity contribution < 1.29 is 4.74 Å². The van der Waals surface area contributed by atoms with Crippen molar-refractivity contribution >= 4 is 5.82 Å². The Labute approximate surface area is 102 Å². The summed E-state index contributed by atoms with van der Waals surface area (Å²) in [7, 11) is 0. The molecule has 0 saturated heterocycles. The molecule has 2 aliphatic rings. The first-order valence-corrected chi connectivity index (χ1v) is 6.63. The predicted molar refractivity (Wildman–Crippen MR) is 66.4 cm³/mol. The molecule has 4 heteroatoms. The van der Waals surface area contributed by atoms with Gasteiger partial charge in [0.05, 0.1) is 6.61 Å². The number of hydrogen-bond donors (Lipinski definition) is 1. The molecular weight excluding hydrogens is 214 g/mol. The van der Waals surface area contributed by atoms with E-state index in [2.05, 4.69) is 22.2 Å². The zero-order valence-electron chi connectivity index (χ0n) is 10.3. The van der Waals surface area contributed by atoms with Crippen LogP contribution in [0.1, 0.15) is 50.8 Å². The van der Waals surface area contributed by atoms with Gasteiger partial charge in [-0.05, 0) is 32.1 Å². The van der Waals surface area contributed by atoms with E-state index in [0.29, 0.717) is 12.0 Å². The minimum absolute atomic E-state index is 0.569. The Morgan fingerprint density at radius 2 is 2.12 bits per heavy atom. The second kappa shape index (κ2) is 4.51. The lowest BCUT2D eigenvalue weighted by Crippen LogP contribution is -2.07. The van der Waals surface area contributed by atoms with Crippen LogP contribution in [0.15, 0.2) is 6.07 Å². The minimum atomic E-state index is 0.569. The fourth-order valence-corrected chi connectivity index (χ4v) is 1.76. The number of hydrogen-bond acceptors (Lipinski definition) is 4. The Balaban J connectivity index is 1.77. The fraction of sp³-hybridized carbons (Fsp3) is 0.692. The molecule has 2 fully saturated rings. The molecule has 1 N–H and O–H groups in total. The summed E-state index contributed by atoms with van der Waals surface area (Å²) in [5.74, 6) is 3.20. The van der Waals surface area contributed by atoms with Gasteiger partial charge in [-0.3, -0.25) is 0 Å². The van der Waals surface area contributed by atoms with Gasteiger partial charge in [-0.2, -0.15) is 4.98 Å². The van der Waals surface area contributed by atoms with Crippen LogP contribution in [0.4, 0.5) is 5.82 Å². The van der Waals surface area contributed by atoms with E-state index in [1.807, 2.05) is 6.07 Å². The second-order valence-electron chi connectivity index (χ2n) is 4.99. The van der Waals surface area contributed by atoms with E-state index in [0.717, 1.165) is 30.5 Å². The lowest BCUT2D eigenvalue weighted by molar-refractivity contribution is 0.303. The first-order chi connectivity index (χ1) is 8.35. The first kappa shape index (κ1) is 10.8. The highest BCUT2D eigenvalue weighted by Gasteiger charge is 2.28. The van der Waals surface area contributed by atoms with Crippen molar-refractivity contribution in [2.75, 3.05) is 11.9 Å². The predicted octanol–water partition coefficient (Wildman–Crippen LogP) is 2.72. The number of ether oxygens (including phenoxy) is 1. The Hall–Kier alpha value is -1.32. The summed E-state index contributed by atoms with van der Waals surface area (Å²) >= 11 is 0. The normalized spacial score (nSPS) is 19.1. The van der Waals surface area contributed by atoms with Gasteiger partial charge >= 0.3 is 0 Å². The van der Waals surface area contributed by atoms with E-state index in [1.165, 1.54) is 25.7 Å². The van der Waals surface area contributed by atoms with Crippen LogP contribution >= 0.6 is 0 Å². The molecule has 0 aliphatic heterocycles. The molecule has 0 amide bonds. The van der Waals surface area contributed by atoms with E-state index >= 15 is 0 Å². The summed E-state index contributed by atoms with van der Waals surface area (Å²) in [4.78, 5) is 9.07. The van der Waals surface area contributed by atoms with Crippen LogP contribution in [0.3, 0.4) is 0 Å². The highest BCUT2D eigenvalue weighted by Crippen LogP contribution is 2.39. The summed E-state index contributed by atoms with van der Waals surface area (Å²) < 4.78 is 5.63. The van der Waals surface area contributed by atoms with E-state index in [1.54, 1.807) is 0 Å². The van der Waals surface area contributed by atoms with Gasteiger partial charge in [0, 0.05) is 18.0 Å². The number of nitrogens with one attached hydrogen (secondary N) is 1. The molecule has 1 aromatic heterocycles. The summed E-state index contributed by atoms with van der Waals surface area (Å²) in [6.45, 7) is 2.83. The average Bonchev–Trinajstić information content (AvgIpc) is 3.17. The van der Waals surface area contributed by atoms with E-state index in [9.17, 15) is 0 Å². The van der Waals surface area contributed by atoms with Crippen LogP contribution in [0.25, 0.3) is 0 Å². The Bertz CT molecular complexity index is 400. The Morgan fingerprint density at radius 3 is 2.76 bits per heavy atom. The Kier molecular flexibility index (Phi) is 2.87. The first-order valence-electron chi connectivity index (χ1n) is 6.63. The van der Waals surface area contributed by atoms with Gasteiger partial charge in [-0.15, -0.1) is 0 Å².